The smallest absolute Gasteiger partial charge is 0.263 e. The SMILES string of the molecule is CS[C@@H]1O[C@H](COCc2ccccc2)[C@@H](O)[C@H](OCc2ccccc2)[C@H]1N1C(=O)c2ccc(Cl)c(Cl)c2C1=O. The first-order valence-corrected chi connectivity index (χ1v) is 14.4. The summed E-state index contributed by atoms with van der Waals surface area (Å²) >= 11 is 13.8. The summed E-state index contributed by atoms with van der Waals surface area (Å²) < 4.78 is 18.4. The highest BCUT2D eigenvalue weighted by atomic mass is 35.5. The number of amides is 2. The van der Waals surface area contributed by atoms with E-state index in [1.165, 1.54) is 23.9 Å². The van der Waals surface area contributed by atoms with Crippen LogP contribution in [0.15, 0.2) is 72.8 Å². The van der Waals surface area contributed by atoms with Crippen LogP contribution in [-0.4, -0.2) is 64.5 Å². The van der Waals surface area contributed by atoms with Crippen LogP contribution in [0.5, 0.6) is 0 Å². The summed E-state index contributed by atoms with van der Waals surface area (Å²) in [6, 6.07) is 21.2. The molecular formula is C29H27Cl2NO6S. The zero-order valence-electron chi connectivity index (χ0n) is 21.0. The highest BCUT2D eigenvalue weighted by Crippen LogP contribution is 2.40. The van der Waals surface area contributed by atoms with Gasteiger partial charge in [-0.2, -0.15) is 0 Å². The minimum Gasteiger partial charge on any atom is -0.388 e. The number of benzene rings is 3. The Morgan fingerprint density at radius 3 is 2.21 bits per heavy atom. The van der Waals surface area contributed by atoms with Crippen LogP contribution in [0.2, 0.25) is 10.0 Å². The number of fused-ring (bicyclic) bond motifs is 1. The maximum atomic E-state index is 13.6. The van der Waals surface area contributed by atoms with Gasteiger partial charge in [0.25, 0.3) is 11.8 Å². The molecule has 0 bridgehead atoms. The zero-order chi connectivity index (χ0) is 27.5. The van der Waals surface area contributed by atoms with Crippen molar-refractivity contribution in [3.63, 3.8) is 0 Å². The quantitative estimate of drug-likeness (QED) is 0.344. The van der Waals surface area contributed by atoms with Crippen molar-refractivity contribution in [2.45, 2.75) is 43.0 Å². The number of rotatable bonds is 9. The molecule has 1 fully saturated rings. The third-order valence-corrected chi connectivity index (χ3v) is 8.49. The minimum atomic E-state index is -1.19. The number of imide groups is 1. The van der Waals surface area contributed by atoms with Gasteiger partial charge >= 0.3 is 0 Å². The third kappa shape index (κ3) is 5.74. The van der Waals surface area contributed by atoms with Gasteiger partial charge in [0.15, 0.2) is 0 Å². The lowest BCUT2D eigenvalue weighted by atomic mass is 9.96. The second-order valence-electron chi connectivity index (χ2n) is 9.29. The largest absolute Gasteiger partial charge is 0.388 e. The van der Waals surface area contributed by atoms with E-state index in [1.807, 2.05) is 66.9 Å². The van der Waals surface area contributed by atoms with Gasteiger partial charge in [0.05, 0.1) is 41.0 Å². The summed E-state index contributed by atoms with van der Waals surface area (Å²) in [5, 5.41) is 11.7. The Morgan fingerprint density at radius 1 is 0.923 bits per heavy atom. The highest BCUT2D eigenvalue weighted by molar-refractivity contribution is 7.99. The molecule has 3 aromatic rings. The van der Waals surface area contributed by atoms with Crippen LogP contribution < -0.4 is 0 Å². The molecule has 204 valence electrons. The predicted molar refractivity (Wildman–Crippen MR) is 150 cm³/mol. The Kier molecular flexibility index (Phi) is 8.93. The molecule has 2 aliphatic rings. The molecule has 0 saturated carbocycles. The van der Waals surface area contributed by atoms with E-state index in [9.17, 15) is 14.7 Å². The van der Waals surface area contributed by atoms with E-state index in [0.717, 1.165) is 16.0 Å². The van der Waals surface area contributed by atoms with Crippen molar-refractivity contribution < 1.29 is 28.9 Å². The average Bonchev–Trinajstić information content (AvgIpc) is 3.21. The van der Waals surface area contributed by atoms with E-state index in [2.05, 4.69) is 0 Å². The maximum Gasteiger partial charge on any atom is 0.263 e. The van der Waals surface area contributed by atoms with Crippen LogP contribution in [0.25, 0.3) is 0 Å². The lowest BCUT2D eigenvalue weighted by molar-refractivity contribution is -0.205. The molecule has 3 aromatic carbocycles. The van der Waals surface area contributed by atoms with Crippen LogP contribution in [0.3, 0.4) is 0 Å². The number of halogens is 2. The Hall–Kier alpha value is -2.43. The standard InChI is InChI=1S/C29H27Cl2NO6S/c1-39-29-24(32-27(34)19-12-13-20(30)23(31)22(19)28(32)35)26(37-15-18-10-6-3-7-11-18)25(33)21(38-29)16-36-14-17-8-4-2-5-9-17/h2-13,21,24-26,29,33H,14-16H2,1H3/t21-,24-,25-,26-,29+/m1/s1. The molecule has 2 heterocycles. The fourth-order valence-electron chi connectivity index (χ4n) is 4.89. The van der Waals surface area contributed by atoms with Crippen molar-refractivity contribution in [3.05, 3.63) is 105 Å². The molecular weight excluding hydrogens is 561 g/mol. The van der Waals surface area contributed by atoms with E-state index in [4.69, 9.17) is 37.4 Å². The van der Waals surface area contributed by atoms with Gasteiger partial charge < -0.3 is 19.3 Å². The van der Waals surface area contributed by atoms with E-state index < -0.39 is 41.6 Å². The summed E-state index contributed by atoms with van der Waals surface area (Å²) in [5.74, 6) is -1.14. The molecule has 7 nitrogen and oxygen atoms in total. The second kappa shape index (κ2) is 12.4. The Labute approximate surface area is 240 Å². The zero-order valence-corrected chi connectivity index (χ0v) is 23.4. The van der Waals surface area contributed by atoms with Crippen LogP contribution >= 0.6 is 35.0 Å². The number of aliphatic hydroxyl groups excluding tert-OH is 1. The van der Waals surface area contributed by atoms with E-state index in [-0.39, 0.29) is 34.4 Å². The van der Waals surface area contributed by atoms with Crippen LogP contribution in [0.1, 0.15) is 31.8 Å². The van der Waals surface area contributed by atoms with Gasteiger partial charge in [-0.05, 0) is 29.5 Å². The van der Waals surface area contributed by atoms with Crippen LogP contribution in [0, 0.1) is 0 Å². The van der Waals surface area contributed by atoms with E-state index in [1.54, 1.807) is 0 Å². The summed E-state index contributed by atoms with van der Waals surface area (Å²) in [4.78, 5) is 28.2. The van der Waals surface area contributed by atoms with Crippen molar-refractivity contribution >= 4 is 46.8 Å². The van der Waals surface area contributed by atoms with Crippen molar-refractivity contribution in [1.82, 2.24) is 4.90 Å². The molecule has 1 saturated heterocycles. The van der Waals surface area contributed by atoms with Gasteiger partial charge in [0.2, 0.25) is 0 Å². The summed E-state index contributed by atoms with van der Waals surface area (Å²) in [6.07, 6.45) is -1.09. The van der Waals surface area contributed by atoms with Crippen LogP contribution in [0.4, 0.5) is 0 Å². The summed E-state index contributed by atoms with van der Waals surface area (Å²) in [5.41, 5.74) is 1.36. The summed E-state index contributed by atoms with van der Waals surface area (Å²) in [6.45, 7) is 0.593. The monoisotopic (exact) mass is 587 g/mol. The van der Waals surface area contributed by atoms with E-state index >= 15 is 0 Å². The third-order valence-electron chi connectivity index (χ3n) is 6.83. The number of hydrogen-bond acceptors (Lipinski definition) is 7. The first kappa shape index (κ1) is 28.1. The first-order chi connectivity index (χ1) is 18.9. The maximum absolute atomic E-state index is 13.6. The fraction of sp³-hybridized carbons (Fsp3) is 0.310. The molecule has 10 heteroatoms. The molecule has 1 N–H and O–H groups in total. The number of carbonyl (C=O) groups is 2. The van der Waals surface area contributed by atoms with Gasteiger partial charge in [-0.3, -0.25) is 14.5 Å². The molecule has 5 rings (SSSR count). The van der Waals surface area contributed by atoms with Crippen molar-refractivity contribution in [1.29, 1.82) is 0 Å². The Bertz CT molecular complexity index is 1330. The van der Waals surface area contributed by atoms with Gasteiger partial charge in [0.1, 0.15) is 29.8 Å². The number of nitrogens with zero attached hydrogens (tertiary/aromatic N) is 1. The number of hydrogen-bond donors (Lipinski definition) is 1. The molecule has 39 heavy (non-hydrogen) atoms. The van der Waals surface area contributed by atoms with Gasteiger partial charge in [0, 0.05) is 0 Å². The average molecular weight is 589 g/mol. The lowest BCUT2D eigenvalue weighted by Crippen LogP contribution is -2.65. The predicted octanol–water partition coefficient (Wildman–Crippen LogP) is 5.21. The minimum absolute atomic E-state index is 0.0157. The van der Waals surface area contributed by atoms with Gasteiger partial charge in [-0.25, -0.2) is 0 Å². The van der Waals surface area contributed by atoms with Gasteiger partial charge in [-0.1, -0.05) is 83.9 Å². The number of ether oxygens (including phenoxy) is 3. The van der Waals surface area contributed by atoms with Crippen molar-refractivity contribution in [2.24, 2.45) is 0 Å². The summed E-state index contributed by atoms with van der Waals surface area (Å²) in [7, 11) is 0. The molecule has 0 aliphatic carbocycles. The topological polar surface area (TPSA) is 85.3 Å². The molecule has 5 atom stereocenters. The van der Waals surface area contributed by atoms with Crippen LogP contribution in [-0.2, 0) is 27.4 Å². The number of thioether (sulfide) groups is 1. The second-order valence-corrected chi connectivity index (χ2v) is 11.0. The number of carbonyl (C=O) groups excluding carboxylic acids is 2. The van der Waals surface area contributed by atoms with Gasteiger partial charge in [-0.15, -0.1) is 11.8 Å². The molecule has 2 amide bonds. The normalized spacial score (nSPS) is 24.7. The van der Waals surface area contributed by atoms with E-state index in [0.29, 0.717) is 6.61 Å². The Morgan fingerprint density at radius 2 is 1.56 bits per heavy atom. The highest BCUT2D eigenvalue weighted by Gasteiger charge is 2.54. The molecule has 0 unspecified atom stereocenters. The molecule has 0 spiro atoms. The molecule has 2 aliphatic heterocycles. The molecule has 0 aromatic heterocycles. The Balaban J connectivity index is 1.43. The first-order valence-electron chi connectivity index (χ1n) is 12.4. The number of aliphatic hydroxyl groups is 1. The van der Waals surface area contributed by atoms with Crippen molar-refractivity contribution in [3.8, 4) is 0 Å². The van der Waals surface area contributed by atoms with Crippen molar-refractivity contribution in [2.75, 3.05) is 12.9 Å². The fourth-order valence-corrected chi connectivity index (χ4v) is 6.10. The molecule has 0 radical (unpaired) electrons. The lowest BCUT2D eigenvalue weighted by Gasteiger charge is -2.46.